The molecule has 6 N–H and O–H groups in total. The van der Waals surface area contributed by atoms with Crippen LogP contribution in [0.2, 0.25) is 0 Å². The first-order valence-corrected chi connectivity index (χ1v) is 7.22. The topological polar surface area (TPSA) is 174 Å². The molecule has 1 aliphatic rings. The van der Waals surface area contributed by atoms with Gasteiger partial charge in [0.1, 0.15) is 12.2 Å². The molecule has 0 amide bonds. The lowest BCUT2D eigenvalue weighted by atomic mass is 9.79. The van der Waals surface area contributed by atoms with E-state index in [1.54, 1.807) is 0 Å². The Morgan fingerprint density at radius 2 is 1.68 bits per heavy atom. The minimum atomic E-state index is -2.16. The van der Waals surface area contributed by atoms with Crippen molar-refractivity contribution in [2.75, 3.05) is 7.11 Å². The highest BCUT2D eigenvalue weighted by Gasteiger charge is 2.51. The predicted molar refractivity (Wildman–Crippen MR) is 78.9 cm³/mol. The molecule has 0 spiro atoms. The van der Waals surface area contributed by atoms with E-state index < -0.39 is 65.9 Å². The minimum absolute atomic E-state index is 0.360. The first kappa shape index (κ1) is 18.8. The summed E-state index contributed by atoms with van der Waals surface area (Å²) >= 11 is 0. The minimum Gasteiger partial charge on any atom is -0.504 e. The van der Waals surface area contributed by atoms with E-state index in [0.29, 0.717) is 0 Å². The average Bonchev–Trinajstić information content (AvgIpc) is 2.55. The summed E-state index contributed by atoms with van der Waals surface area (Å²) in [6.07, 6.45) is -5.63. The van der Waals surface area contributed by atoms with Crippen molar-refractivity contribution >= 4 is 11.9 Å². The van der Waals surface area contributed by atoms with Crippen LogP contribution in [0, 0.1) is 0 Å². The number of aliphatic hydroxyl groups is 3. The lowest BCUT2D eigenvalue weighted by Crippen LogP contribution is -2.57. The van der Waals surface area contributed by atoms with Crippen molar-refractivity contribution in [3.05, 3.63) is 17.7 Å². The summed E-state index contributed by atoms with van der Waals surface area (Å²) in [7, 11) is 1.03. The first-order valence-electron chi connectivity index (χ1n) is 7.22. The van der Waals surface area contributed by atoms with Crippen LogP contribution in [0.4, 0.5) is 0 Å². The molecule has 0 saturated heterocycles. The molecule has 1 aromatic rings. The monoisotopic (exact) mass is 358 g/mol. The van der Waals surface area contributed by atoms with E-state index in [4.69, 9.17) is 4.74 Å². The molecule has 10 nitrogen and oxygen atoms in total. The van der Waals surface area contributed by atoms with Gasteiger partial charge in [-0.2, -0.15) is 0 Å². The van der Waals surface area contributed by atoms with E-state index in [1.165, 1.54) is 0 Å². The smallest absolute Gasteiger partial charge is 0.338 e. The van der Waals surface area contributed by atoms with Crippen LogP contribution in [-0.4, -0.2) is 73.6 Å². The van der Waals surface area contributed by atoms with Gasteiger partial charge in [-0.05, 0) is 12.1 Å². The normalized spacial score (nSPS) is 29.0. The second kappa shape index (κ2) is 6.75. The number of rotatable bonds is 3. The van der Waals surface area contributed by atoms with Gasteiger partial charge in [-0.3, -0.25) is 0 Å². The molecule has 0 aliphatic heterocycles. The van der Waals surface area contributed by atoms with E-state index in [2.05, 4.69) is 4.74 Å². The van der Waals surface area contributed by atoms with Crippen molar-refractivity contribution in [1.29, 1.82) is 0 Å². The second-order valence-corrected chi connectivity index (χ2v) is 5.80. The van der Waals surface area contributed by atoms with Crippen LogP contribution in [0.1, 0.15) is 23.2 Å². The molecule has 25 heavy (non-hydrogen) atoms. The van der Waals surface area contributed by atoms with Crippen molar-refractivity contribution < 1.29 is 49.7 Å². The zero-order valence-electron chi connectivity index (χ0n) is 13.1. The molecule has 138 valence electrons. The molecule has 4 atom stereocenters. The molecule has 0 aromatic heterocycles. The molecule has 2 rings (SSSR count). The number of esters is 2. The van der Waals surface area contributed by atoms with Crippen molar-refractivity contribution in [3.63, 3.8) is 0 Å². The maximum atomic E-state index is 12.1. The highest BCUT2D eigenvalue weighted by molar-refractivity contribution is 5.91. The van der Waals surface area contributed by atoms with Crippen LogP contribution >= 0.6 is 0 Å². The third-order valence-corrected chi connectivity index (χ3v) is 3.99. The fourth-order valence-corrected chi connectivity index (χ4v) is 2.65. The Morgan fingerprint density at radius 1 is 1.12 bits per heavy atom. The Kier molecular flexibility index (Phi) is 5.07. The highest BCUT2D eigenvalue weighted by atomic mass is 16.6. The van der Waals surface area contributed by atoms with Gasteiger partial charge in [0.2, 0.25) is 0 Å². The fourth-order valence-electron chi connectivity index (χ4n) is 2.65. The van der Waals surface area contributed by atoms with Gasteiger partial charge in [0.05, 0.1) is 18.8 Å². The van der Waals surface area contributed by atoms with Gasteiger partial charge >= 0.3 is 11.9 Å². The summed E-state index contributed by atoms with van der Waals surface area (Å²) in [5.41, 5.74) is -2.51. The number of ether oxygens (including phenoxy) is 2. The molecule has 0 heterocycles. The molecule has 1 saturated carbocycles. The largest absolute Gasteiger partial charge is 0.504 e. The standard InChI is InChI=1S/C15H18O10/c1-24-14(22)15(23)4-9(18)12(20)10(5-15)25-13(21)6-2-7(16)11(19)8(17)3-6/h2-3,9-10,12,16-20,23H,4-5H2,1H3/t9-,10-,12+,15-/m1/s1. The molecule has 1 fully saturated rings. The number of hydrogen-bond acceptors (Lipinski definition) is 10. The Hall–Kier alpha value is -2.56. The number of phenols is 3. The number of benzene rings is 1. The van der Waals surface area contributed by atoms with Crippen molar-refractivity contribution in [2.45, 2.75) is 36.8 Å². The number of aromatic hydroxyl groups is 3. The van der Waals surface area contributed by atoms with Crippen LogP contribution in [0.25, 0.3) is 0 Å². The molecule has 0 radical (unpaired) electrons. The maximum absolute atomic E-state index is 12.1. The lowest BCUT2D eigenvalue weighted by molar-refractivity contribution is -0.190. The van der Waals surface area contributed by atoms with Crippen molar-refractivity contribution in [3.8, 4) is 17.2 Å². The Morgan fingerprint density at radius 3 is 2.20 bits per heavy atom. The molecular weight excluding hydrogens is 340 g/mol. The maximum Gasteiger partial charge on any atom is 0.338 e. The molecule has 10 heteroatoms. The van der Waals surface area contributed by atoms with E-state index in [-0.39, 0.29) is 5.56 Å². The van der Waals surface area contributed by atoms with Crippen molar-refractivity contribution in [2.24, 2.45) is 0 Å². The van der Waals surface area contributed by atoms with E-state index in [9.17, 15) is 40.2 Å². The number of methoxy groups -OCH3 is 1. The Labute approximate surface area is 141 Å². The number of carbonyl (C=O) groups is 2. The second-order valence-electron chi connectivity index (χ2n) is 5.80. The van der Waals surface area contributed by atoms with Gasteiger partial charge in [0, 0.05) is 12.8 Å². The Bertz CT molecular complexity index is 664. The molecule has 0 bridgehead atoms. The number of carbonyl (C=O) groups excluding carboxylic acids is 2. The van der Waals surface area contributed by atoms with Crippen LogP contribution in [0.5, 0.6) is 17.2 Å². The van der Waals surface area contributed by atoms with Gasteiger partial charge in [0.25, 0.3) is 0 Å². The zero-order valence-corrected chi connectivity index (χ0v) is 13.1. The van der Waals surface area contributed by atoms with Gasteiger partial charge in [-0.15, -0.1) is 0 Å². The average molecular weight is 358 g/mol. The van der Waals surface area contributed by atoms with Gasteiger partial charge in [-0.1, -0.05) is 0 Å². The quantitative estimate of drug-likeness (QED) is 0.283. The molecule has 0 unspecified atom stereocenters. The number of aliphatic hydroxyl groups excluding tert-OH is 2. The Balaban J connectivity index is 2.22. The predicted octanol–water partition coefficient (Wildman–Crippen LogP) is -1.25. The molecule has 1 aromatic carbocycles. The van der Waals surface area contributed by atoms with E-state index >= 15 is 0 Å². The zero-order chi connectivity index (χ0) is 18.9. The third kappa shape index (κ3) is 3.60. The fraction of sp³-hybridized carbons (Fsp3) is 0.467. The van der Waals surface area contributed by atoms with Gasteiger partial charge in [0.15, 0.2) is 22.8 Å². The van der Waals surface area contributed by atoms with Crippen LogP contribution < -0.4 is 0 Å². The number of phenolic OH excluding ortho intramolecular Hbond substituents is 3. The molecule has 1 aliphatic carbocycles. The SMILES string of the molecule is COC(=O)[C@@]1(O)C[C@@H](O)[C@H](O)[C@H](OC(=O)c2cc(O)c(O)c(O)c2)C1. The summed E-state index contributed by atoms with van der Waals surface area (Å²) in [4.78, 5) is 23.8. The van der Waals surface area contributed by atoms with Crippen LogP contribution in [0.15, 0.2) is 12.1 Å². The summed E-state index contributed by atoms with van der Waals surface area (Å²) in [6, 6.07) is 1.63. The van der Waals surface area contributed by atoms with Gasteiger partial charge < -0.3 is 40.1 Å². The summed E-state index contributed by atoms with van der Waals surface area (Å²) in [5, 5.41) is 58.1. The first-order chi connectivity index (χ1) is 11.6. The van der Waals surface area contributed by atoms with Crippen LogP contribution in [0.3, 0.4) is 0 Å². The van der Waals surface area contributed by atoms with E-state index in [0.717, 1.165) is 19.2 Å². The van der Waals surface area contributed by atoms with Gasteiger partial charge in [-0.25, -0.2) is 9.59 Å². The highest BCUT2D eigenvalue weighted by Crippen LogP contribution is 2.36. The van der Waals surface area contributed by atoms with E-state index in [1.807, 2.05) is 0 Å². The van der Waals surface area contributed by atoms with Crippen LogP contribution in [-0.2, 0) is 14.3 Å². The summed E-state index contributed by atoms with van der Waals surface area (Å²) < 4.78 is 9.42. The number of hydrogen-bond donors (Lipinski definition) is 6. The summed E-state index contributed by atoms with van der Waals surface area (Å²) in [6.45, 7) is 0. The molecular formula is C15H18O10. The third-order valence-electron chi connectivity index (χ3n) is 3.99. The lowest BCUT2D eigenvalue weighted by Gasteiger charge is -2.39. The summed E-state index contributed by atoms with van der Waals surface area (Å²) in [5.74, 6) is -4.57. The van der Waals surface area contributed by atoms with Crippen molar-refractivity contribution in [1.82, 2.24) is 0 Å².